The Morgan fingerprint density at radius 2 is 1.47 bits per heavy atom. The van der Waals surface area contributed by atoms with Crippen LogP contribution in [0.15, 0.2) is 54.6 Å². The SMILES string of the molecule is CCCCCC1CCC(c2ccc(-c3ccc(/C=C/C(=O)OCCCCCC[Si](Cl)(Cl)Cl)cc3)cc2)CC1. The van der Waals surface area contributed by atoms with E-state index in [2.05, 4.69) is 43.3 Å². The van der Waals surface area contributed by atoms with E-state index in [0.29, 0.717) is 18.6 Å². The lowest BCUT2D eigenvalue weighted by molar-refractivity contribution is -0.137. The second-order valence-corrected chi connectivity index (χ2v) is 20.0. The molecule has 0 bridgehead atoms. The molecule has 0 unspecified atom stereocenters. The quantitative estimate of drug-likeness (QED) is 0.0675. The van der Waals surface area contributed by atoms with E-state index < -0.39 is 6.00 Å². The maximum absolute atomic E-state index is 12.0. The first-order chi connectivity index (χ1) is 18.3. The van der Waals surface area contributed by atoms with Crippen molar-refractivity contribution >= 4 is 51.3 Å². The van der Waals surface area contributed by atoms with Crippen LogP contribution in [-0.2, 0) is 9.53 Å². The van der Waals surface area contributed by atoms with Crippen molar-refractivity contribution in [3.8, 4) is 11.1 Å². The topological polar surface area (TPSA) is 26.3 Å². The van der Waals surface area contributed by atoms with E-state index in [4.69, 9.17) is 38.0 Å². The molecule has 2 aromatic carbocycles. The molecule has 208 valence electrons. The van der Waals surface area contributed by atoms with E-state index in [-0.39, 0.29) is 5.97 Å². The third-order valence-electron chi connectivity index (χ3n) is 7.70. The number of hydrogen-bond donors (Lipinski definition) is 0. The van der Waals surface area contributed by atoms with E-state index >= 15 is 0 Å². The highest BCUT2D eigenvalue weighted by molar-refractivity contribution is 7.64. The lowest BCUT2D eigenvalue weighted by atomic mass is 9.77. The highest BCUT2D eigenvalue weighted by atomic mass is 35.8. The summed E-state index contributed by atoms with van der Waals surface area (Å²) < 4.78 is 5.30. The molecule has 1 aliphatic carbocycles. The molecule has 1 saturated carbocycles. The minimum absolute atomic E-state index is 0.312. The maximum Gasteiger partial charge on any atom is 0.341 e. The summed E-state index contributed by atoms with van der Waals surface area (Å²) in [6.45, 7) is 2.71. The van der Waals surface area contributed by atoms with E-state index in [9.17, 15) is 4.79 Å². The zero-order valence-corrected chi connectivity index (χ0v) is 26.0. The smallest absolute Gasteiger partial charge is 0.341 e. The first kappa shape index (κ1) is 31.3. The van der Waals surface area contributed by atoms with Crippen molar-refractivity contribution in [3.05, 3.63) is 65.7 Å². The maximum atomic E-state index is 12.0. The van der Waals surface area contributed by atoms with Crippen molar-refractivity contribution in [3.63, 3.8) is 0 Å². The van der Waals surface area contributed by atoms with Gasteiger partial charge in [0, 0.05) is 6.08 Å². The second-order valence-electron chi connectivity index (χ2n) is 10.7. The number of halogens is 3. The minimum Gasteiger partial charge on any atom is -0.463 e. The molecule has 0 aromatic heterocycles. The van der Waals surface area contributed by atoms with E-state index in [1.165, 1.54) is 74.1 Å². The summed E-state index contributed by atoms with van der Waals surface area (Å²) in [5.41, 5.74) is 4.89. The van der Waals surface area contributed by atoms with Crippen LogP contribution < -0.4 is 0 Å². The Morgan fingerprint density at radius 1 is 0.842 bits per heavy atom. The van der Waals surface area contributed by atoms with Gasteiger partial charge >= 0.3 is 12.0 Å². The van der Waals surface area contributed by atoms with Gasteiger partial charge in [0.1, 0.15) is 0 Å². The average molecular weight is 594 g/mol. The van der Waals surface area contributed by atoms with E-state index in [0.717, 1.165) is 37.2 Å². The number of esters is 1. The molecular formula is C32H43Cl3O2Si. The lowest BCUT2D eigenvalue weighted by Crippen LogP contribution is -2.13. The number of carbonyl (C=O) groups is 1. The zero-order valence-electron chi connectivity index (χ0n) is 22.8. The van der Waals surface area contributed by atoms with Crippen LogP contribution in [0.25, 0.3) is 17.2 Å². The summed E-state index contributed by atoms with van der Waals surface area (Å²) in [4.78, 5) is 12.0. The van der Waals surface area contributed by atoms with Crippen LogP contribution >= 0.6 is 33.2 Å². The highest BCUT2D eigenvalue weighted by Crippen LogP contribution is 2.38. The average Bonchev–Trinajstić information content (AvgIpc) is 2.92. The van der Waals surface area contributed by atoms with Gasteiger partial charge in [0.25, 0.3) is 0 Å². The van der Waals surface area contributed by atoms with Gasteiger partial charge in [-0.05, 0) is 78.3 Å². The molecular weight excluding hydrogens is 551 g/mol. The van der Waals surface area contributed by atoms with Gasteiger partial charge in [0.05, 0.1) is 6.61 Å². The summed E-state index contributed by atoms with van der Waals surface area (Å²) in [6, 6.07) is 15.6. The largest absolute Gasteiger partial charge is 0.463 e. The fourth-order valence-electron chi connectivity index (χ4n) is 5.37. The molecule has 0 heterocycles. The standard InChI is InChI=1S/C32H43Cl3O2Si/c1-2-3-6-9-26-10-15-28(16-11-26)30-19-21-31(22-20-30)29-17-12-27(13-18-29)14-23-32(36)37-24-7-4-5-8-25-38(33,34)35/h12-14,17-23,26,28H,2-11,15-16,24-25H2,1H3/b23-14+. The normalized spacial score (nSPS) is 18.1. The Balaban J connectivity index is 1.38. The zero-order chi connectivity index (χ0) is 27.2. The predicted molar refractivity (Wildman–Crippen MR) is 167 cm³/mol. The summed E-state index contributed by atoms with van der Waals surface area (Å²) in [5, 5.41) is 0. The molecule has 0 spiro atoms. The van der Waals surface area contributed by atoms with Gasteiger partial charge in [0.15, 0.2) is 0 Å². The fraction of sp³-hybridized carbons (Fsp3) is 0.531. The van der Waals surface area contributed by atoms with Crippen LogP contribution in [-0.4, -0.2) is 18.6 Å². The van der Waals surface area contributed by atoms with Gasteiger partial charge in [-0.15, -0.1) is 33.2 Å². The monoisotopic (exact) mass is 592 g/mol. The van der Waals surface area contributed by atoms with Gasteiger partial charge in [-0.3, -0.25) is 0 Å². The van der Waals surface area contributed by atoms with Crippen LogP contribution in [0.2, 0.25) is 6.04 Å². The van der Waals surface area contributed by atoms with Crippen molar-refractivity contribution in [2.75, 3.05) is 6.61 Å². The number of ether oxygens (including phenoxy) is 1. The molecule has 38 heavy (non-hydrogen) atoms. The predicted octanol–water partition coefficient (Wildman–Crippen LogP) is 11.0. The molecule has 2 nitrogen and oxygen atoms in total. The molecule has 0 amide bonds. The summed E-state index contributed by atoms with van der Waals surface area (Å²) >= 11 is 17.6. The molecule has 0 atom stereocenters. The molecule has 0 aliphatic heterocycles. The van der Waals surface area contributed by atoms with Crippen molar-refractivity contribution in [1.82, 2.24) is 0 Å². The molecule has 1 aliphatic rings. The van der Waals surface area contributed by atoms with E-state index in [1.807, 2.05) is 12.1 Å². The Labute approximate surface area is 245 Å². The van der Waals surface area contributed by atoms with Crippen molar-refractivity contribution in [2.45, 2.75) is 95.9 Å². The van der Waals surface area contributed by atoms with Gasteiger partial charge < -0.3 is 4.74 Å². The summed E-state index contributed by atoms with van der Waals surface area (Å²) in [6.07, 6.45) is 18.0. The lowest BCUT2D eigenvalue weighted by Gasteiger charge is -2.29. The first-order valence-electron chi connectivity index (χ1n) is 14.5. The number of unbranched alkanes of at least 4 members (excludes halogenated alkanes) is 5. The number of rotatable bonds is 15. The molecule has 0 radical (unpaired) electrons. The van der Waals surface area contributed by atoms with Crippen molar-refractivity contribution in [2.24, 2.45) is 5.92 Å². The number of carbonyl (C=O) groups excluding carboxylic acids is 1. The molecule has 0 N–H and O–H groups in total. The van der Waals surface area contributed by atoms with Crippen LogP contribution in [0.1, 0.15) is 101 Å². The Morgan fingerprint density at radius 3 is 2.11 bits per heavy atom. The summed E-state index contributed by atoms with van der Waals surface area (Å²) in [7, 11) is 0. The molecule has 3 rings (SSSR count). The molecule has 0 saturated heterocycles. The molecule has 1 fully saturated rings. The van der Waals surface area contributed by atoms with Crippen LogP contribution in [0.5, 0.6) is 0 Å². The number of hydrogen-bond acceptors (Lipinski definition) is 2. The Kier molecular flexibility index (Phi) is 13.8. The first-order valence-corrected chi connectivity index (χ1v) is 19.7. The third kappa shape index (κ3) is 11.9. The van der Waals surface area contributed by atoms with Crippen molar-refractivity contribution < 1.29 is 9.53 Å². The third-order valence-corrected chi connectivity index (χ3v) is 10.3. The molecule has 6 heteroatoms. The highest BCUT2D eigenvalue weighted by Gasteiger charge is 2.23. The second kappa shape index (κ2) is 16.8. The Hall–Kier alpha value is -1.26. The van der Waals surface area contributed by atoms with Gasteiger partial charge in [-0.2, -0.15) is 0 Å². The van der Waals surface area contributed by atoms with Gasteiger partial charge in [-0.25, -0.2) is 4.79 Å². The van der Waals surface area contributed by atoms with E-state index in [1.54, 1.807) is 6.08 Å². The number of benzene rings is 2. The van der Waals surface area contributed by atoms with Gasteiger partial charge in [-0.1, -0.05) is 100 Å². The summed E-state index contributed by atoms with van der Waals surface area (Å²) in [5.74, 6) is 1.35. The molecule has 2 aromatic rings. The minimum atomic E-state index is -2.50. The van der Waals surface area contributed by atoms with Crippen LogP contribution in [0.3, 0.4) is 0 Å². The van der Waals surface area contributed by atoms with Crippen molar-refractivity contribution in [1.29, 1.82) is 0 Å². The Bertz CT molecular complexity index is 975. The van der Waals surface area contributed by atoms with Crippen LogP contribution in [0, 0.1) is 5.92 Å². The fourth-order valence-corrected chi connectivity index (χ4v) is 7.22. The van der Waals surface area contributed by atoms with Gasteiger partial charge in [0.2, 0.25) is 0 Å². The van der Waals surface area contributed by atoms with Crippen LogP contribution in [0.4, 0.5) is 0 Å².